The molecule has 0 saturated carbocycles. The van der Waals surface area contributed by atoms with Crippen molar-refractivity contribution in [1.82, 2.24) is 0 Å². The van der Waals surface area contributed by atoms with Gasteiger partial charge in [-0.1, -0.05) is 60.1 Å². The molecule has 0 aliphatic rings. The Hall–Kier alpha value is -0.980. The summed E-state index contributed by atoms with van der Waals surface area (Å²) in [6.45, 7) is 13.4. The number of hydrogen-bond acceptors (Lipinski definition) is 1. The second-order valence-corrected chi connectivity index (χ2v) is 7.22. The van der Waals surface area contributed by atoms with Gasteiger partial charge in [-0.25, -0.2) is 0 Å². The van der Waals surface area contributed by atoms with Gasteiger partial charge in [-0.15, -0.1) is 0 Å². The summed E-state index contributed by atoms with van der Waals surface area (Å²) in [5.74, 6) is 0.434. The molecule has 1 N–H and O–H groups in total. The first-order chi connectivity index (χ1) is 8.15. The maximum Gasteiger partial charge on any atom is 0.119 e. The van der Waals surface area contributed by atoms with Gasteiger partial charge in [0.2, 0.25) is 0 Å². The fraction of sp³-hybridized carbons (Fsp3) is 0.647. The Morgan fingerprint density at radius 1 is 1.06 bits per heavy atom. The fourth-order valence-corrected chi connectivity index (χ4v) is 2.99. The molecule has 0 heterocycles. The Labute approximate surface area is 112 Å². The maximum absolute atomic E-state index is 10.1. The van der Waals surface area contributed by atoms with Crippen LogP contribution in [0.15, 0.2) is 18.2 Å². The molecule has 0 saturated heterocycles. The normalized spacial score (nSPS) is 12.8. The molecule has 0 unspecified atom stereocenters. The van der Waals surface area contributed by atoms with Crippen LogP contribution < -0.4 is 0 Å². The van der Waals surface area contributed by atoms with E-state index in [1.165, 1.54) is 5.56 Å². The minimum atomic E-state index is 0.00604. The molecular formula is C17H28O. The second-order valence-electron chi connectivity index (χ2n) is 7.22. The fourth-order valence-electron chi connectivity index (χ4n) is 2.99. The van der Waals surface area contributed by atoms with E-state index >= 15 is 0 Å². The van der Waals surface area contributed by atoms with Crippen molar-refractivity contribution in [2.24, 2.45) is 5.41 Å². The maximum atomic E-state index is 10.1. The Morgan fingerprint density at radius 2 is 1.67 bits per heavy atom. The van der Waals surface area contributed by atoms with Gasteiger partial charge in [0.25, 0.3) is 0 Å². The number of hydrogen-bond donors (Lipinski definition) is 1. The molecule has 1 rings (SSSR count). The van der Waals surface area contributed by atoms with Crippen molar-refractivity contribution < 1.29 is 5.11 Å². The first-order valence-electron chi connectivity index (χ1n) is 6.98. The van der Waals surface area contributed by atoms with Crippen LogP contribution >= 0.6 is 0 Å². The van der Waals surface area contributed by atoms with Gasteiger partial charge in [-0.3, -0.25) is 0 Å². The molecule has 0 bridgehead atoms. The Bertz CT molecular complexity index is 397. The zero-order valence-corrected chi connectivity index (χ0v) is 12.8. The van der Waals surface area contributed by atoms with Crippen molar-refractivity contribution in [1.29, 1.82) is 0 Å². The standard InChI is InChI=1S/C17H28O/c1-7-8-13-9-10-15(18)14(11-13)17(5,6)12-16(2,3)4/h9-11,18H,7-8,12H2,1-6H3. The summed E-state index contributed by atoms with van der Waals surface area (Å²) >= 11 is 0. The van der Waals surface area contributed by atoms with Crippen molar-refractivity contribution in [3.8, 4) is 5.75 Å². The lowest BCUT2D eigenvalue weighted by atomic mass is 9.71. The first-order valence-corrected chi connectivity index (χ1v) is 6.98. The first kappa shape index (κ1) is 15.1. The molecule has 0 amide bonds. The minimum Gasteiger partial charge on any atom is -0.508 e. The summed E-state index contributed by atoms with van der Waals surface area (Å²) in [5.41, 5.74) is 2.68. The molecule has 0 radical (unpaired) electrons. The molecule has 1 heteroatoms. The van der Waals surface area contributed by atoms with Gasteiger partial charge in [0.15, 0.2) is 0 Å². The summed E-state index contributed by atoms with van der Waals surface area (Å²) in [6, 6.07) is 6.07. The van der Waals surface area contributed by atoms with Gasteiger partial charge in [0.05, 0.1) is 0 Å². The van der Waals surface area contributed by atoms with E-state index < -0.39 is 0 Å². The molecular weight excluding hydrogens is 220 g/mol. The van der Waals surface area contributed by atoms with Crippen molar-refractivity contribution in [2.45, 2.75) is 66.2 Å². The topological polar surface area (TPSA) is 20.2 Å². The van der Waals surface area contributed by atoms with Gasteiger partial charge in [-0.05, 0) is 40.9 Å². The summed E-state index contributed by atoms with van der Waals surface area (Å²) < 4.78 is 0. The van der Waals surface area contributed by atoms with Crippen LogP contribution in [0.1, 0.15) is 65.5 Å². The van der Waals surface area contributed by atoms with Crippen LogP contribution in [0.2, 0.25) is 0 Å². The van der Waals surface area contributed by atoms with Gasteiger partial charge in [0, 0.05) is 0 Å². The van der Waals surface area contributed by atoms with Crippen molar-refractivity contribution in [3.05, 3.63) is 29.3 Å². The molecule has 1 aromatic carbocycles. The third kappa shape index (κ3) is 4.04. The highest BCUT2D eigenvalue weighted by atomic mass is 16.3. The Kier molecular flexibility index (Phi) is 4.47. The molecule has 0 fully saturated rings. The van der Waals surface area contributed by atoms with E-state index in [1.807, 2.05) is 12.1 Å². The molecule has 1 nitrogen and oxygen atoms in total. The number of aryl methyl sites for hydroxylation is 1. The van der Waals surface area contributed by atoms with Gasteiger partial charge < -0.3 is 5.11 Å². The summed E-state index contributed by atoms with van der Waals surface area (Å²) in [4.78, 5) is 0. The van der Waals surface area contributed by atoms with E-state index in [-0.39, 0.29) is 10.8 Å². The molecule has 0 spiro atoms. The highest BCUT2D eigenvalue weighted by Gasteiger charge is 2.29. The molecule has 0 aliphatic heterocycles. The average Bonchev–Trinajstić information content (AvgIpc) is 2.17. The van der Waals surface area contributed by atoms with E-state index in [0.717, 1.165) is 24.8 Å². The Morgan fingerprint density at radius 3 is 2.17 bits per heavy atom. The molecule has 18 heavy (non-hydrogen) atoms. The zero-order valence-electron chi connectivity index (χ0n) is 12.8. The molecule has 0 atom stereocenters. The van der Waals surface area contributed by atoms with E-state index in [9.17, 15) is 5.11 Å². The summed E-state index contributed by atoms with van der Waals surface area (Å²) in [7, 11) is 0. The van der Waals surface area contributed by atoms with Crippen molar-refractivity contribution in [3.63, 3.8) is 0 Å². The van der Waals surface area contributed by atoms with Gasteiger partial charge in [-0.2, -0.15) is 0 Å². The number of rotatable bonds is 4. The predicted octanol–water partition coefficient (Wildman–Crippen LogP) is 5.06. The average molecular weight is 248 g/mol. The van der Waals surface area contributed by atoms with Crippen LogP contribution in [0.3, 0.4) is 0 Å². The highest BCUT2D eigenvalue weighted by Crippen LogP contribution is 2.40. The molecule has 1 aromatic rings. The zero-order chi connectivity index (χ0) is 14.0. The molecule has 0 aromatic heterocycles. The minimum absolute atomic E-state index is 0.00604. The smallest absolute Gasteiger partial charge is 0.119 e. The number of phenolic OH excluding ortho intramolecular Hbond substituents is 1. The van der Waals surface area contributed by atoms with E-state index in [0.29, 0.717) is 5.75 Å². The number of benzene rings is 1. The van der Waals surface area contributed by atoms with Crippen LogP contribution in [0.25, 0.3) is 0 Å². The van der Waals surface area contributed by atoms with Crippen LogP contribution in [-0.4, -0.2) is 5.11 Å². The SMILES string of the molecule is CCCc1ccc(O)c(C(C)(C)CC(C)(C)C)c1. The van der Waals surface area contributed by atoms with Crippen molar-refractivity contribution in [2.75, 3.05) is 0 Å². The monoisotopic (exact) mass is 248 g/mol. The number of phenols is 1. The third-order valence-corrected chi connectivity index (χ3v) is 3.30. The van der Waals surface area contributed by atoms with Crippen molar-refractivity contribution >= 4 is 0 Å². The lowest BCUT2D eigenvalue weighted by Gasteiger charge is -2.33. The second kappa shape index (κ2) is 5.34. The highest BCUT2D eigenvalue weighted by molar-refractivity contribution is 5.41. The van der Waals surface area contributed by atoms with Gasteiger partial charge >= 0.3 is 0 Å². The summed E-state index contributed by atoms with van der Waals surface area (Å²) in [5, 5.41) is 10.1. The van der Waals surface area contributed by atoms with Crippen LogP contribution in [0.5, 0.6) is 5.75 Å². The Balaban J connectivity index is 3.10. The largest absolute Gasteiger partial charge is 0.508 e. The lowest BCUT2D eigenvalue weighted by molar-refractivity contribution is 0.278. The third-order valence-electron chi connectivity index (χ3n) is 3.30. The quantitative estimate of drug-likeness (QED) is 0.789. The van der Waals surface area contributed by atoms with E-state index in [1.54, 1.807) is 0 Å². The van der Waals surface area contributed by atoms with Gasteiger partial charge in [0.1, 0.15) is 5.75 Å². The molecule has 0 aliphatic carbocycles. The van der Waals surface area contributed by atoms with Crippen LogP contribution in [0, 0.1) is 5.41 Å². The van der Waals surface area contributed by atoms with E-state index in [4.69, 9.17) is 0 Å². The van der Waals surface area contributed by atoms with Crippen LogP contribution in [0.4, 0.5) is 0 Å². The molecule has 102 valence electrons. The van der Waals surface area contributed by atoms with Crippen LogP contribution in [-0.2, 0) is 11.8 Å². The lowest BCUT2D eigenvalue weighted by Crippen LogP contribution is -2.25. The summed E-state index contributed by atoms with van der Waals surface area (Å²) in [6.07, 6.45) is 3.28. The predicted molar refractivity (Wildman–Crippen MR) is 79.2 cm³/mol. The van der Waals surface area contributed by atoms with E-state index in [2.05, 4.69) is 47.6 Å². The number of aromatic hydroxyl groups is 1.